The zero-order valence-electron chi connectivity index (χ0n) is 19.8. The Bertz CT molecular complexity index is 864. The van der Waals surface area contributed by atoms with Gasteiger partial charge >= 0.3 is 0 Å². The first kappa shape index (κ1) is 23.4. The molecular weight excluding hydrogens is 408 g/mol. The molecule has 0 radical (unpaired) electrons. The van der Waals surface area contributed by atoms with E-state index in [9.17, 15) is 0 Å². The van der Waals surface area contributed by atoms with Crippen LogP contribution in [0.15, 0.2) is 79.1 Å². The van der Waals surface area contributed by atoms with E-state index >= 15 is 0 Å². The molecule has 1 aliphatic heterocycles. The number of aromatic nitrogens is 2. The first-order valence-corrected chi connectivity index (χ1v) is 12.0. The molecule has 0 atom stereocenters. The highest BCUT2D eigenvalue weighted by Crippen LogP contribution is 2.15. The molecule has 3 aromatic rings. The number of anilines is 1. The molecule has 4 rings (SSSR count). The fraction of sp³-hybridized carbons (Fsp3) is 0.407. The maximum Gasteiger partial charge on any atom is 0.0543 e. The monoisotopic (exact) mass is 444 g/mol. The van der Waals surface area contributed by atoms with Gasteiger partial charge in [0.2, 0.25) is 0 Å². The van der Waals surface area contributed by atoms with Crippen molar-refractivity contribution in [3.05, 3.63) is 90.5 Å². The normalized spacial score (nSPS) is 17.9. The Morgan fingerprint density at radius 3 is 1.55 bits per heavy atom. The largest absolute Gasteiger partial charge is 0.369 e. The summed E-state index contributed by atoms with van der Waals surface area (Å²) in [5.74, 6) is 0. The highest BCUT2D eigenvalue weighted by molar-refractivity contribution is 5.46. The predicted molar refractivity (Wildman–Crippen MR) is 135 cm³/mol. The van der Waals surface area contributed by atoms with Crippen LogP contribution in [-0.2, 0) is 13.1 Å². The Labute approximate surface area is 198 Å². The van der Waals surface area contributed by atoms with Crippen LogP contribution in [0.3, 0.4) is 0 Å². The summed E-state index contributed by atoms with van der Waals surface area (Å²) in [4.78, 5) is 19.2. The lowest BCUT2D eigenvalue weighted by molar-refractivity contribution is 0.183. The number of rotatable bonds is 5. The van der Waals surface area contributed by atoms with Gasteiger partial charge < -0.3 is 9.80 Å². The fourth-order valence-corrected chi connectivity index (χ4v) is 4.25. The minimum Gasteiger partial charge on any atom is -0.369 e. The standard InChI is InChI=1S/C27H36N6/c1-30-15-17-31(23-25-9-5-7-13-28-25)19-21-33(27-11-3-2-4-12-27)22-20-32(18-16-30)24-26-10-6-8-14-29-26/h2-14H,15-24H2,1H3. The maximum absolute atomic E-state index is 4.57. The van der Waals surface area contributed by atoms with Gasteiger partial charge in [0, 0.05) is 83.5 Å². The van der Waals surface area contributed by atoms with Crippen molar-refractivity contribution in [1.82, 2.24) is 24.7 Å². The van der Waals surface area contributed by atoms with Crippen LogP contribution in [0, 0.1) is 0 Å². The van der Waals surface area contributed by atoms with Gasteiger partial charge in [0.1, 0.15) is 0 Å². The molecule has 174 valence electrons. The van der Waals surface area contributed by atoms with E-state index in [0.29, 0.717) is 0 Å². The van der Waals surface area contributed by atoms with Gasteiger partial charge in [-0.25, -0.2) is 0 Å². The van der Waals surface area contributed by atoms with Gasteiger partial charge in [-0.1, -0.05) is 30.3 Å². The summed E-state index contributed by atoms with van der Waals surface area (Å²) in [5.41, 5.74) is 3.57. The molecule has 1 saturated heterocycles. The van der Waals surface area contributed by atoms with Gasteiger partial charge in [-0.05, 0) is 43.4 Å². The van der Waals surface area contributed by atoms with Crippen molar-refractivity contribution in [3.8, 4) is 0 Å². The average molecular weight is 445 g/mol. The Morgan fingerprint density at radius 1 is 0.576 bits per heavy atom. The Kier molecular flexibility index (Phi) is 8.81. The van der Waals surface area contributed by atoms with Crippen molar-refractivity contribution in [2.75, 3.05) is 64.3 Å². The molecule has 33 heavy (non-hydrogen) atoms. The smallest absolute Gasteiger partial charge is 0.0543 e. The van der Waals surface area contributed by atoms with Crippen molar-refractivity contribution in [1.29, 1.82) is 0 Å². The third kappa shape index (κ3) is 7.63. The molecule has 0 saturated carbocycles. The van der Waals surface area contributed by atoms with Gasteiger partial charge in [0.15, 0.2) is 0 Å². The van der Waals surface area contributed by atoms with Crippen LogP contribution in [-0.4, -0.2) is 84.1 Å². The van der Waals surface area contributed by atoms with E-state index in [4.69, 9.17) is 0 Å². The third-order valence-corrected chi connectivity index (χ3v) is 6.31. The van der Waals surface area contributed by atoms with Crippen LogP contribution >= 0.6 is 0 Å². The fourth-order valence-electron chi connectivity index (χ4n) is 4.25. The number of para-hydroxylation sites is 1. The van der Waals surface area contributed by atoms with Crippen LogP contribution < -0.4 is 4.90 Å². The number of nitrogens with zero attached hydrogens (tertiary/aromatic N) is 6. The lowest BCUT2D eigenvalue weighted by Gasteiger charge is -2.34. The molecule has 0 spiro atoms. The summed E-state index contributed by atoms with van der Waals surface area (Å²) < 4.78 is 0. The van der Waals surface area contributed by atoms with E-state index in [-0.39, 0.29) is 0 Å². The number of hydrogen-bond donors (Lipinski definition) is 0. The molecule has 0 bridgehead atoms. The van der Waals surface area contributed by atoms with Gasteiger partial charge in [-0.2, -0.15) is 0 Å². The quantitative estimate of drug-likeness (QED) is 0.602. The second kappa shape index (κ2) is 12.4. The molecule has 1 aromatic carbocycles. The Hall–Kier alpha value is -2.80. The van der Waals surface area contributed by atoms with Crippen LogP contribution in [0.25, 0.3) is 0 Å². The lowest BCUT2D eigenvalue weighted by atomic mass is 10.2. The van der Waals surface area contributed by atoms with Crippen LogP contribution in [0.1, 0.15) is 11.4 Å². The third-order valence-electron chi connectivity index (χ3n) is 6.31. The van der Waals surface area contributed by atoms with E-state index < -0.39 is 0 Å². The van der Waals surface area contributed by atoms with Crippen molar-refractivity contribution in [3.63, 3.8) is 0 Å². The lowest BCUT2D eigenvalue weighted by Crippen LogP contribution is -2.45. The van der Waals surface area contributed by atoms with Gasteiger partial charge in [-0.3, -0.25) is 19.8 Å². The van der Waals surface area contributed by atoms with E-state index in [2.05, 4.69) is 91.2 Å². The number of hydrogen-bond acceptors (Lipinski definition) is 6. The summed E-state index contributed by atoms with van der Waals surface area (Å²) >= 11 is 0. The molecule has 6 heteroatoms. The molecule has 1 fully saturated rings. The SMILES string of the molecule is CN1CCN(Cc2ccccn2)CCN(c2ccccc2)CCN(Cc2ccccn2)CC1. The summed E-state index contributed by atoms with van der Waals surface area (Å²) in [7, 11) is 2.24. The van der Waals surface area contributed by atoms with Gasteiger partial charge in [0.25, 0.3) is 0 Å². The number of benzene rings is 1. The summed E-state index contributed by atoms with van der Waals surface area (Å²) in [6, 6.07) is 23.2. The van der Waals surface area contributed by atoms with E-state index in [1.807, 2.05) is 24.5 Å². The summed E-state index contributed by atoms with van der Waals surface area (Å²) in [6.07, 6.45) is 3.79. The van der Waals surface area contributed by atoms with Crippen molar-refractivity contribution < 1.29 is 0 Å². The number of likely N-dealkylation sites (N-methyl/N-ethyl adjacent to an activating group) is 1. The molecule has 1 aliphatic rings. The molecule has 6 nitrogen and oxygen atoms in total. The van der Waals surface area contributed by atoms with Crippen LogP contribution in [0.4, 0.5) is 5.69 Å². The minimum atomic E-state index is 0.892. The Balaban J connectivity index is 1.48. The topological polar surface area (TPSA) is 38.7 Å². The summed E-state index contributed by atoms with van der Waals surface area (Å²) in [5, 5.41) is 0. The van der Waals surface area contributed by atoms with E-state index in [1.54, 1.807) is 0 Å². The Morgan fingerprint density at radius 2 is 1.06 bits per heavy atom. The first-order valence-electron chi connectivity index (χ1n) is 12.0. The zero-order valence-corrected chi connectivity index (χ0v) is 19.8. The summed E-state index contributed by atoms with van der Waals surface area (Å²) in [6.45, 7) is 9.98. The molecule has 3 heterocycles. The second-order valence-corrected chi connectivity index (χ2v) is 8.82. The second-order valence-electron chi connectivity index (χ2n) is 8.82. The molecule has 2 aromatic heterocycles. The van der Waals surface area contributed by atoms with E-state index in [1.165, 1.54) is 5.69 Å². The molecular formula is C27H36N6. The molecule has 0 amide bonds. The van der Waals surface area contributed by atoms with E-state index in [0.717, 1.165) is 76.8 Å². The highest BCUT2D eigenvalue weighted by atomic mass is 15.3. The minimum absolute atomic E-state index is 0.892. The van der Waals surface area contributed by atoms with Crippen molar-refractivity contribution >= 4 is 5.69 Å². The first-order chi connectivity index (χ1) is 16.3. The van der Waals surface area contributed by atoms with Crippen LogP contribution in [0.5, 0.6) is 0 Å². The van der Waals surface area contributed by atoms with Gasteiger partial charge in [0.05, 0.1) is 11.4 Å². The molecule has 0 N–H and O–H groups in total. The predicted octanol–water partition coefficient (Wildman–Crippen LogP) is 3.23. The molecule has 0 unspecified atom stereocenters. The number of pyridine rings is 2. The van der Waals surface area contributed by atoms with Crippen LogP contribution in [0.2, 0.25) is 0 Å². The molecule has 0 aliphatic carbocycles. The van der Waals surface area contributed by atoms with Crippen molar-refractivity contribution in [2.24, 2.45) is 0 Å². The van der Waals surface area contributed by atoms with Crippen molar-refractivity contribution in [2.45, 2.75) is 13.1 Å². The zero-order chi connectivity index (χ0) is 22.7. The maximum atomic E-state index is 4.57. The highest BCUT2D eigenvalue weighted by Gasteiger charge is 2.16. The van der Waals surface area contributed by atoms with Gasteiger partial charge in [-0.15, -0.1) is 0 Å². The average Bonchev–Trinajstić information content (AvgIpc) is 2.86.